The molecule has 128 valence electrons. The van der Waals surface area contributed by atoms with Crippen LogP contribution >= 0.6 is 0 Å². The van der Waals surface area contributed by atoms with Gasteiger partial charge in [0.1, 0.15) is 5.75 Å². The van der Waals surface area contributed by atoms with E-state index in [-0.39, 0.29) is 17.4 Å². The van der Waals surface area contributed by atoms with Gasteiger partial charge in [0.05, 0.1) is 7.11 Å². The first-order valence-electron chi connectivity index (χ1n) is 8.46. The molecule has 0 N–H and O–H groups in total. The number of ether oxygens (including phenoxy) is 1. The molecular formula is C18H28N2O3. The van der Waals surface area contributed by atoms with Crippen LogP contribution in [0.15, 0.2) is 24.3 Å². The van der Waals surface area contributed by atoms with Crippen LogP contribution in [0.1, 0.15) is 38.2 Å². The van der Waals surface area contributed by atoms with Crippen LogP contribution in [0, 0.1) is 22.0 Å². The lowest BCUT2D eigenvalue weighted by atomic mass is 9.90. The fourth-order valence-corrected chi connectivity index (χ4v) is 3.73. The predicted molar refractivity (Wildman–Crippen MR) is 91.6 cm³/mol. The van der Waals surface area contributed by atoms with E-state index in [0.717, 1.165) is 37.4 Å². The van der Waals surface area contributed by atoms with Crippen molar-refractivity contribution < 1.29 is 9.66 Å². The van der Waals surface area contributed by atoms with Gasteiger partial charge in [-0.1, -0.05) is 26.0 Å². The zero-order valence-electron chi connectivity index (χ0n) is 14.4. The average molecular weight is 320 g/mol. The molecular weight excluding hydrogens is 292 g/mol. The summed E-state index contributed by atoms with van der Waals surface area (Å²) in [6, 6.07) is 7.67. The minimum atomic E-state index is -0.198. The van der Waals surface area contributed by atoms with E-state index < -0.39 is 0 Å². The maximum Gasteiger partial charge on any atom is 0.210 e. The zero-order chi connectivity index (χ0) is 16.8. The lowest BCUT2D eigenvalue weighted by Crippen LogP contribution is -2.39. The number of piperidine rings is 1. The van der Waals surface area contributed by atoms with Crippen molar-refractivity contribution in [2.45, 2.75) is 32.6 Å². The summed E-state index contributed by atoms with van der Waals surface area (Å²) in [4.78, 5) is 13.3. The summed E-state index contributed by atoms with van der Waals surface area (Å²) in [6.07, 6.45) is 2.11. The highest BCUT2D eigenvalue weighted by molar-refractivity contribution is 5.29. The van der Waals surface area contributed by atoms with Gasteiger partial charge in [0.25, 0.3) is 0 Å². The number of nitro groups is 1. The van der Waals surface area contributed by atoms with Gasteiger partial charge in [-0.25, -0.2) is 0 Å². The minimum absolute atomic E-state index is 0.00865. The van der Waals surface area contributed by atoms with Crippen LogP contribution < -0.4 is 4.74 Å². The van der Waals surface area contributed by atoms with E-state index in [2.05, 4.69) is 18.7 Å². The summed E-state index contributed by atoms with van der Waals surface area (Å²) in [6.45, 7) is 7.72. The molecule has 5 heteroatoms. The highest BCUT2D eigenvalue weighted by Crippen LogP contribution is 2.26. The van der Waals surface area contributed by atoms with Crippen molar-refractivity contribution in [1.29, 1.82) is 0 Å². The zero-order valence-corrected chi connectivity index (χ0v) is 14.4. The van der Waals surface area contributed by atoms with Crippen molar-refractivity contribution >= 4 is 0 Å². The number of likely N-dealkylation sites (tertiary alicyclic amines) is 1. The van der Waals surface area contributed by atoms with Crippen LogP contribution in [0.5, 0.6) is 5.75 Å². The fraction of sp³-hybridized carbons (Fsp3) is 0.667. The molecule has 3 atom stereocenters. The number of hydrogen-bond donors (Lipinski definition) is 0. The Bertz CT molecular complexity index is 493. The fourth-order valence-electron chi connectivity index (χ4n) is 3.73. The number of hydrogen-bond acceptors (Lipinski definition) is 4. The molecule has 0 spiro atoms. The maximum atomic E-state index is 11.0. The van der Waals surface area contributed by atoms with Crippen molar-refractivity contribution in [1.82, 2.24) is 4.90 Å². The first kappa shape index (κ1) is 17.7. The van der Waals surface area contributed by atoms with E-state index in [1.54, 1.807) is 7.11 Å². The van der Waals surface area contributed by atoms with Gasteiger partial charge in [0, 0.05) is 23.9 Å². The van der Waals surface area contributed by atoms with E-state index in [0.29, 0.717) is 11.8 Å². The van der Waals surface area contributed by atoms with E-state index in [1.807, 2.05) is 24.3 Å². The molecule has 1 aromatic rings. The second kappa shape index (κ2) is 8.29. The molecule has 1 saturated heterocycles. The van der Waals surface area contributed by atoms with Gasteiger partial charge in [-0.3, -0.25) is 10.1 Å². The molecule has 0 saturated carbocycles. The van der Waals surface area contributed by atoms with Crippen molar-refractivity contribution in [3.8, 4) is 5.75 Å². The lowest BCUT2D eigenvalue weighted by Gasteiger charge is -2.35. The number of nitrogens with zero attached hydrogens (tertiary/aromatic N) is 2. The molecule has 1 heterocycles. The van der Waals surface area contributed by atoms with Gasteiger partial charge in [-0.15, -0.1) is 0 Å². The number of benzene rings is 1. The van der Waals surface area contributed by atoms with Gasteiger partial charge in [0.15, 0.2) is 0 Å². The van der Waals surface area contributed by atoms with Crippen LogP contribution in [0.4, 0.5) is 0 Å². The van der Waals surface area contributed by atoms with E-state index in [4.69, 9.17) is 4.74 Å². The van der Waals surface area contributed by atoms with Crippen LogP contribution in [-0.2, 0) is 0 Å². The molecule has 0 aromatic heterocycles. The molecule has 0 aliphatic carbocycles. The normalized spacial score (nSPS) is 23.4. The standard InChI is InChI=1S/C18H28N2O3/c1-14-10-15(2)12-19(11-14)9-8-17(13-20(21)22)16-4-6-18(23-3)7-5-16/h4-7,14-15,17H,8-13H2,1-3H3/t14-,15-,17-/m0/s1. The average Bonchev–Trinajstić information content (AvgIpc) is 2.50. The second-order valence-corrected chi connectivity index (χ2v) is 6.98. The van der Waals surface area contributed by atoms with Crippen molar-refractivity contribution in [3.05, 3.63) is 39.9 Å². The molecule has 1 aliphatic heterocycles. The largest absolute Gasteiger partial charge is 0.497 e. The smallest absolute Gasteiger partial charge is 0.210 e. The van der Waals surface area contributed by atoms with Crippen LogP contribution in [0.25, 0.3) is 0 Å². The monoisotopic (exact) mass is 320 g/mol. The van der Waals surface area contributed by atoms with Crippen LogP contribution in [-0.4, -0.2) is 43.1 Å². The number of rotatable bonds is 7. The molecule has 0 unspecified atom stereocenters. The summed E-state index contributed by atoms with van der Waals surface area (Å²) in [5, 5.41) is 11.0. The molecule has 0 radical (unpaired) electrons. The molecule has 1 aliphatic rings. The Kier molecular flexibility index (Phi) is 6.39. The lowest BCUT2D eigenvalue weighted by molar-refractivity contribution is -0.483. The first-order chi connectivity index (χ1) is 11.0. The first-order valence-corrected chi connectivity index (χ1v) is 8.46. The predicted octanol–water partition coefficient (Wildman–Crippen LogP) is 3.42. The van der Waals surface area contributed by atoms with E-state index in [9.17, 15) is 10.1 Å². The SMILES string of the molecule is COc1ccc([C@@H](CCN2C[C@@H](C)C[C@H](C)C2)C[N+](=O)[O-])cc1. The molecule has 1 fully saturated rings. The molecule has 5 nitrogen and oxygen atoms in total. The molecule has 1 aromatic carbocycles. The van der Waals surface area contributed by atoms with Crippen molar-refractivity contribution in [3.63, 3.8) is 0 Å². The Morgan fingerprint density at radius 2 is 1.87 bits per heavy atom. The van der Waals surface area contributed by atoms with Gasteiger partial charge < -0.3 is 9.64 Å². The Morgan fingerprint density at radius 3 is 2.39 bits per heavy atom. The maximum absolute atomic E-state index is 11.0. The van der Waals surface area contributed by atoms with Gasteiger partial charge in [-0.2, -0.15) is 0 Å². The van der Waals surface area contributed by atoms with Crippen LogP contribution in [0.3, 0.4) is 0 Å². The quantitative estimate of drug-likeness (QED) is 0.570. The third kappa shape index (κ3) is 5.50. The molecule has 0 amide bonds. The molecule has 23 heavy (non-hydrogen) atoms. The summed E-state index contributed by atoms with van der Waals surface area (Å²) in [5.74, 6) is 2.18. The highest BCUT2D eigenvalue weighted by Gasteiger charge is 2.24. The third-order valence-electron chi connectivity index (χ3n) is 4.69. The van der Waals surface area contributed by atoms with Gasteiger partial charge in [-0.05, 0) is 48.9 Å². The summed E-state index contributed by atoms with van der Waals surface area (Å²) in [7, 11) is 1.63. The summed E-state index contributed by atoms with van der Waals surface area (Å²) < 4.78 is 5.17. The summed E-state index contributed by atoms with van der Waals surface area (Å²) >= 11 is 0. The Balaban J connectivity index is 1.98. The highest BCUT2D eigenvalue weighted by atomic mass is 16.6. The Morgan fingerprint density at radius 1 is 1.26 bits per heavy atom. The minimum Gasteiger partial charge on any atom is -0.497 e. The Labute approximate surface area is 138 Å². The van der Waals surface area contributed by atoms with Crippen molar-refractivity contribution in [2.75, 3.05) is 33.3 Å². The second-order valence-electron chi connectivity index (χ2n) is 6.98. The van der Waals surface area contributed by atoms with Gasteiger partial charge in [0.2, 0.25) is 6.54 Å². The van der Waals surface area contributed by atoms with Gasteiger partial charge >= 0.3 is 0 Å². The van der Waals surface area contributed by atoms with Crippen molar-refractivity contribution in [2.24, 2.45) is 11.8 Å². The topological polar surface area (TPSA) is 55.6 Å². The number of methoxy groups -OCH3 is 1. The van der Waals surface area contributed by atoms with E-state index in [1.165, 1.54) is 6.42 Å². The molecule has 2 rings (SSSR count). The van der Waals surface area contributed by atoms with E-state index >= 15 is 0 Å². The van der Waals surface area contributed by atoms with Crippen LogP contribution in [0.2, 0.25) is 0 Å². The summed E-state index contributed by atoms with van der Waals surface area (Å²) in [5.41, 5.74) is 1.03. The Hall–Kier alpha value is -1.62. The molecule has 0 bridgehead atoms. The third-order valence-corrected chi connectivity index (χ3v) is 4.69.